The second kappa shape index (κ2) is 11.6. The van der Waals surface area contributed by atoms with Crippen molar-refractivity contribution in [2.45, 2.75) is 38.3 Å². The fraction of sp³-hybridized carbons (Fsp3) is 0.235. The summed E-state index contributed by atoms with van der Waals surface area (Å²) in [7, 11) is 3.97. The number of amides is 1. The van der Waals surface area contributed by atoms with Gasteiger partial charge in [-0.15, -0.1) is 0 Å². The smallest absolute Gasteiger partial charge is 0.259 e. The summed E-state index contributed by atoms with van der Waals surface area (Å²) >= 11 is 0. The number of ketones is 1. The van der Waals surface area contributed by atoms with E-state index in [-0.39, 0.29) is 11.7 Å². The molecule has 39 heavy (non-hydrogen) atoms. The van der Waals surface area contributed by atoms with Crippen molar-refractivity contribution in [2.75, 3.05) is 23.9 Å². The number of unbranched alkanes of at least 4 members (excludes halogenated alkanes) is 1. The van der Waals surface area contributed by atoms with E-state index in [0.717, 1.165) is 30.5 Å². The van der Waals surface area contributed by atoms with E-state index < -0.39 is 12.1 Å². The van der Waals surface area contributed by atoms with Gasteiger partial charge in [-0.1, -0.05) is 67.9 Å². The van der Waals surface area contributed by atoms with Gasteiger partial charge in [0.1, 0.15) is 11.8 Å². The minimum Gasteiger partial charge on any atom is -0.482 e. The molecular formula is C34H34N2O3. The molecule has 1 aliphatic heterocycles. The molecule has 5 nitrogen and oxygen atoms in total. The average molecular weight is 519 g/mol. The highest BCUT2D eigenvalue weighted by Gasteiger charge is 2.44. The predicted octanol–water partition coefficient (Wildman–Crippen LogP) is 7.13. The van der Waals surface area contributed by atoms with Crippen LogP contribution in [0.3, 0.4) is 0 Å². The van der Waals surface area contributed by atoms with Gasteiger partial charge in [-0.05, 0) is 72.5 Å². The van der Waals surface area contributed by atoms with Crippen molar-refractivity contribution in [2.24, 2.45) is 0 Å². The highest BCUT2D eigenvalue weighted by molar-refractivity contribution is 6.14. The van der Waals surface area contributed by atoms with Crippen molar-refractivity contribution in [1.29, 1.82) is 0 Å². The van der Waals surface area contributed by atoms with Gasteiger partial charge in [-0.3, -0.25) is 14.5 Å². The lowest BCUT2D eigenvalue weighted by atomic mass is 9.89. The quantitative estimate of drug-likeness (QED) is 0.249. The molecule has 0 saturated carbocycles. The normalized spacial score (nSPS) is 16.2. The maximum absolute atomic E-state index is 14.3. The van der Waals surface area contributed by atoms with Gasteiger partial charge in [0.05, 0.1) is 5.56 Å². The lowest BCUT2D eigenvalue weighted by Crippen LogP contribution is -2.52. The molecule has 0 spiro atoms. The number of para-hydroxylation sites is 1. The van der Waals surface area contributed by atoms with Crippen molar-refractivity contribution in [1.82, 2.24) is 0 Å². The van der Waals surface area contributed by atoms with Crippen LogP contribution in [0, 0.1) is 0 Å². The molecule has 2 atom stereocenters. The third-order valence-electron chi connectivity index (χ3n) is 7.25. The number of carbonyl (C=O) groups is 2. The van der Waals surface area contributed by atoms with Crippen LogP contribution in [0.15, 0.2) is 103 Å². The largest absolute Gasteiger partial charge is 0.482 e. The summed E-state index contributed by atoms with van der Waals surface area (Å²) in [5.41, 5.74) is 4.74. The Bertz CT molecular complexity index is 1430. The molecule has 0 aromatic heterocycles. The molecule has 1 aliphatic rings. The third kappa shape index (κ3) is 5.44. The molecule has 4 aromatic rings. The lowest BCUT2D eigenvalue weighted by molar-refractivity contribution is 0.0730. The minimum atomic E-state index is -0.890. The van der Waals surface area contributed by atoms with Gasteiger partial charge < -0.3 is 9.64 Å². The number of aryl methyl sites for hydroxylation is 1. The molecule has 5 heteroatoms. The summed E-state index contributed by atoms with van der Waals surface area (Å²) in [6.45, 7) is 2.17. The molecule has 0 aliphatic carbocycles. The van der Waals surface area contributed by atoms with Crippen LogP contribution in [0.5, 0.6) is 5.75 Å². The fourth-order valence-corrected chi connectivity index (χ4v) is 5.06. The van der Waals surface area contributed by atoms with Crippen molar-refractivity contribution in [3.63, 3.8) is 0 Å². The first-order valence-electron chi connectivity index (χ1n) is 13.5. The predicted molar refractivity (Wildman–Crippen MR) is 157 cm³/mol. The highest BCUT2D eigenvalue weighted by Crippen LogP contribution is 2.40. The van der Waals surface area contributed by atoms with E-state index in [1.807, 2.05) is 91.8 Å². The van der Waals surface area contributed by atoms with Crippen LogP contribution < -0.4 is 14.5 Å². The van der Waals surface area contributed by atoms with Crippen LogP contribution in [0.25, 0.3) is 0 Å². The topological polar surface area (TPSA) is 49.9 Å². The first-order valence-corrected chi connectivity index (χ1v) is 13.5. The number of anilines is 2. The zero-order valence-electron chi connectivity index (χ0n) is 22.7. The van der Waals surface area contributed by atoms with Crippen LogP contribution in [-0.4, -0.2) is 31.8 Å². The first kappa shape index (κ1) is 26.2. The van der Waals surface area contributed by atoms with Crippen molar-refractivity contribution in [3.05, 3.63) is 125 Å². The van der Waals surface area contributed by atoms with Gasteiger partial charge in [-0.2, -0.15) is 0 Å². The lowest BCUT2D eigenvalue weighted by Gasteiger charge is -2.40. The Balaban J connectivity index is 1.64. The summed E-state index contributed by atoms with van der Waals surface area (Å²) in [6.07, 6.45) is 2.50. The number of ether oxygens (including phenoxy) is 1. The van der Waals surface area contributed by atoms with Crippen LogP contribution in [0.1, 0.15) is 57.7 Å². The van der Waals surface area contributed by atoms with Crippen LogP contribution >= 0.6 is 0 Å². The van der Waals surface area contributed by atoms with Crippen molar-refractivity contribution in [3.8, 4) is 5.75 Å². The molecule has 0 saturated heterocycles. The molecule has 0 bridgehead atoms. The van der Waals surface area contributed by atoms with E-state index in [1.54, 1.807) is 23.1 Å². The van der Waals surface area contributed by atoms with E-state index in [0.29, 0.717) is 22.6 Å². The van der Waals surface area contributed by atoms with Crippen LogP contribution in [0.2, 0.25) is 0 Å². The van der Waals surface area contributed by atoms with Crippen LogP contribution in [0.4, 0.5) is 11.4 Å². The summed E-state index contributed by atoms with van der Waals surface area (Å²) in [6, 6.07) is 31.5. The van der Waals surface area contributed by atoms with Gasteiger partial charge in [0.15, 0.2) is 11.9 Å². The second-order valence-corrected chi connectivity index (χ2v) is 10.1. The monoisotopic (exact) mass is 518 g/mol. The second-order valence-electron chi connectivity index (χ2n) is 10.1. The number of Topliss-reactive ketones (excluding diaryl/α,β-unsaturated/α-hetero) is 1. The molecule has 0 N–H and O–H groups in total. The molecule has 198 valence electrons. The van der Waals surface area contributed by atoms with E-state index in [9.17, 15) is 9.59 Å². The molecular weight excluding hydrogens is 484 g/mol. The molecule has 0 radical (unpaired) electrons. The Kier molecular flexibility index (Phi) is 7.78. The maximum Gasteiger partial charge on any atom is 0.259 e. The summed E-state index contributed by atoms with van der Waals surface area (Å²) in [4.78, 5) is 32.1. The number of fused-ring (bicyclic) bond motifs is 1. The summed E-state index contributed by atoms with van der Waals surface area (Å²) < 4.78 is 6.54. The Morgan fingerprint density at radius 3 is 2.10 bits per heavy atom. The van der Waals surface area contributed by atoms with E-state index in [2.05, 4.69) is 19.1 Å². The Labute approximate surface area is 230 Å². The first-order chi connectivity index (χ1) is 19.0. The SMILES string of the molecule is CCCCc1ccc(N(C(=O)c2ccccc2)C2C(=O)c3ccccc3OC2c2ccc(N(C)C)cc2)cc1. The Hall–Kier alpha value is -4.38. The number of carbonyl (C=O) groups excluding carboxylic acids is 2. The van der Waals surface area contributed by atoms with Gasteiger partial charge in [0.25, 0.3) is 5.91 Å². The standard InChI is InChI=1S/C34H34N2O3/c1-4-5-11-24-16-20-28(21-17-24)36(34(38)26-12-7-6-8-13-26)31-32(37)29-14-9-10-15-30(29)39-33(31)25-18-22-27(23-19-25)35(2)3/h6-10,12-23,31,33H,4-5,11H2,1-3H3. The number of hydrogen-bond acceptors (Lipinski definition) is 4. The molecule has 1 amide bonds. The molecule has 4 aromatic carbocycles. The average Bonchev–Trinajstić information content (AvgIpc) is 2.98. The molecule has 2 unspecified atom stereocenters. The summed E-state index contributed by atoms with van der Waals surface area (Å²) in [5, 5.41) is 0. The Morgan fingerprint density at radius 1 is 0.795 bits per heavy atom. The third-order valence-corrected chi connectivity index (χ3v) is 7.25. The van der Waals surface area contributed by atoms with Crippen molar-refractivity contribution < 1.29 is 14.3 Å². The van der Waals surface area contributed by atoms with Gasteiger partial charge in [0.2, 0.25) is 0 Å². The van der Waals surface area contributed by atoms with Gasteiger partial charge >= 0.3 is 0 Å². The minimum absolute atomic E-state index is 0.141. The number of benzene rings is 4. The Morgan fingerprint density at radius 2 is 1.44 bits per heavy atom. The van der Waals surface area contributed by atoms with Gasteiger partial charge in [0, 0.05) is 31.0 Å². The zero-order valence-corrected chi connectivity index (χ0v) is 22.7. The van der Waals surface area contributed by atoms with Crippen molar-refractivity contribution >= 4 is 23.1 Å². The van der Waals surface area contributed by atoms with Gasteiger partial charge in [-0.25, -0.2) is 0 Å². The number of nitrogens with zero attached hydrogens (tertiary/aromatic N) is 2. The number of hydrogen-bond donors (Lipinski definition) is 0. The highest BCUT2D eigenvalue weighted by atomic mass is 16.5. The summed E-state index contributed by atoms with van der Waals surface area (Å²) in [5.74, 6) is 0.147. The van der Waals surface area contributed by atoms with E-state index in [4.69, 9.17) is 4.74 Å². The van der Waals surface area contributed by atoms with Crippen LogP contribution in [-0.2, 0) is 6.42 Å². The van der Waals surface area contributed by atoms with E-state index >= 15 is 0 Å². The molecule has 1 heterocycles. The van der Waals surface area contributed by atoms with E-state index in [1.165, 1.54) is 5.56 Å². The zero-order chi connectivity index (χ0) is 27.4. The maximum atomic E-state index is 14.3. The number of rotatable bonds is 8. The fourth-order valence-electron chi connectivity index (χ4n) is 5.06. The molecule has 0 fully saturated rings. The molecule has 5 rings (SSSR count).